The van der Waals surface area contributed by atoms with Crippen molar-refractivity contribution in [3.63, 3.8) is 0 Å². The van der Waals surface area contributed by atoms with E-state index in [0.717, 1.165) is 10.3 Å². The monoisotopic (exact) mass is 227 g/mol. The third-order valence-corrected chi connectivity index (χ3v) is 2.92. The number of hydrogen-bond donors (Lipinski definition) is 1. The van der Waals surface area contributed by atoms with Crippen molar-refractivity contribution < 1.29 is 4.79 Å². The van der Waals surface area contributed by atoms with E-state index >= 15 is 0 Å². The molecule has 0 atom stereocenters. The molecule has 0 radical (unpaired) electrons. The second kappa shape index (κ2) is 3.18. The number of halogens is 1. The average molecular weight is 228 g/mol. The quantitative estimate of drug-likeness (QED) is 0.755. The fourth-order valence-corrected chi connectivity index (χ4v) is 2.28. The minimum absolute atomic E-state index is 0.0376. The number of rotatable bonds is 1. The first-order valence-corrected chi connectivity index (χ1v) is 5.01. The fourth-order valence-electron chi connectivity index (χ4n) is 1.12. The normalized spacial score (nSPS) is 10.7. The molecule has 14 heavy (non-hydrogen) atoms. The molecule has 0 saturated heterocycles. The van der Waals surface area contributed by atoms with Crippen LogP contribution in [0.2, 0.25) is 5.15 Å². The first-order valence-electron chi connectivity index (χ1n) is 3.81. The summed E-state index contributed by atoms with van der Waals surface area (Å²) in [6.07, 6.45) is 0. The van der Waals surface area contributed by atoms with Gasteiger partial charge in [0.05, 0.1) is 0 Å². The van der Waals surface area contributed by atoms with Gasteiger partial charge in [-0.2, -0.15) is 0 Å². The molecular formula is C8H6ClN3OS. The number of amides is 1. The maximum Gasteiger partial charge on any atom is 0.286 e. The molecular weight excluding hydrogens is 222 g/mol. The average Bonchev–Trinajstić information content (AvgIpc) is 2.45. The Balaban J connectivity index is 2.77. The molecule has 0 unspecified atom stereocenters. The standard InChI is InChI=1S/C8H6ClN3OS/c1-3-2-4-5(9)11-7(6(10)13)12-8(4)14-3/h2H,1H3,(H2,10,13). The van der Waals surface area contributed by atoms with Gasteiger partial charge in [-0.3, -0.25) is 4.79 Å². The lowest BCUT2D eigenvalue weighted by Gasteiger charge is -1.95. The highest BCUT2D eigenvalue weighted by atomic mass is 35.5. The molecule has 0 fully saturated rings. The SMILES string of the molecule is Cc1cc2c(Cl)nc(C(N)=O)nc2s1. The van der Waals surface area contributed by atoms with Gasteiger partial charge in [0.25, 0.3) is 5.91 Å². The summed E-state index contributed by atoms with van der Waals surface area (Å²) in [6.45, 7) is 1.94. The van der Waals surface area contributed by atoms with Crippen molar-refractivity contribution in [3.8, 4) is 0 Å². The Morgan fingerprint density at radius 2 is 2.29 bits per heavy atom. The summed E-state index contributed by atoms with van der Waals surface area (Å²) in [5.74, 6) is -0.704. The Morgan fingerprint density at radius 1 is 1.57 bits per heavy atom. The van der Waals surface area contributed by atoms with E-state index in [-0.39, 0.29) is 11.0 Å². The smallest absolute Gasteiger partial charge is 0.286 e. The second-order valence-electron chi connectivity index (χ2n) is 2.78. The van der Waals surface area contributed by atoms with Crippen molar-refractivity contribution in [1.29, 1.82) is 0 Å². The largest absolute Gasteiger partial charge is 0.363 e. The molecule has 0 aliphatic rings. The number of carbonyl (C=O) groups excluding carboxylic acids is 1. The number of carbonyl (C=O) groups is 1. The number of aromatic nitrogens is 2. The lowest BCUT2D eigenvalue weighted by Crippen LogP contribution is -2.15. The lowest BCUT2D eigenvalue weighted by atomic mass is 10.4. The van der Waals surface area contributed by atoms with Crippen molar-refractivity contribution in [2.24, 2.45) is 5.73 Å². The molecule has 0 aliphatic heterocycles. The third kappa shape index (κ3) is 1.44. The molecule has 2 aromatic rings. The van der Waals surface area contributed by atoms with Gasteiger partial charge in [0.1, 0.15) is 9.98 Å². The predicted octanol–water partition coefficient (Wildman–Crippen LogP) is 1.75. The molecule has 6 heteroatoms. The molecule has 1 amide bonds. The molecule has 2 heterocycles. The third-order valence-electron chi connectivity index (χ3n) is 1.69. The van der Waals surface area contributed by atoms with Gasteiger partial charge in [-0.05, 0) is 13.0 Å². The van der Waals surface area contributed by atoms with Crippen molar-refractivity contribution in [2.45, 2.75) is 6.92 Å². The Hall–Kier alpha value is -1.20. The van der Waals surface area contributed by atoms with Gasteiger partial charge >= 0.3 is 0 Å². The number of primary amides is 1. The number of hydrogen-bond acceptors (Lipinski definition) is 4. The molecule has 0 bridgehead atoms. The van der Waals surface area contributed by atoms with Crippen LogP contribution in [0.15, 0.2) is 6.07 Å². The zero-order valence-electron chi connectivity index (χ0n) is 7.24. The van der Waals surface area contributed by atoms with Crippen LogP contribution in [-0.2, 0) is 0 Å². The summed E-state index contributed by atoms with van der Waals surface area (Å²) in [5, 5.41) is 1.03. The minimum atomic E-state index is -0.667. The highest BCUT2D eigenvalue weighted by Gasteiger charge is 2.11. The number of fused-ring (bicyclic) bond motifs is 1. The number of nitrogens with two attached hydrogens (primary N) is 1. The van der Waals surface area contributed by atoms with E-state index in [1.165, 1.54) is 11.3 Å². The Bertz CT molecular complexity index is 523. The summed E-state index contributed by atoms with van der Waals surface area (Å²) in [7, 11) is 0. The predicted molar refractivity (Wildman–Crippen MR) is 55.7 cm³/mol. The van der Waals surface area contributed by atoms with Crippen LogP contribution in [0.5, 0.6) is 0 Å². The number of nitrogens with zero attached hydrogens (tertiary/aromatic N) is 2. The van der Waals surface area contributed by atoms with Gasteiger partial charge in [-0.25, -0.2) is 9.97 Å². The van der Waals surface area contributed by atoms with E-state index in [4.69, 9.17) is 17.3 Å². The van der Waals surface area contributed by atoms with Crippen molar-refractivity contribution >= 4 is 39.1 Å². The van der Waals surface area contributed by atoms with Crippen LogP contribution in [0.1, 0.15) is 15.5 Å². The van der Waals surface area contributed by atoms with E-state index < -0.39 is 5.91 Å². The minimum Gasteiger partial charge on any atom is -0.363 e. The highest BCUT2D eigenvalue weighted by molar-refractivity contribution is 7.18. The maximum atomic E-state index is 10.8. The van der Waals surface area contributed by atoms with Crippen LogP contribution in [0, 0.1) is 6.92 Å². The molecule has 2 aromatic heterocycles. The summed E-state index contributed by atoms with van der Waals surface area (Å²) in [4.78, 5) is 20.4. The Morgan fingerprint density at radius 3 is 2.93 bits per heavy atom. The van der Waals surface area contributed by atoms with Crippen LogP contribution < -0.4 is 5.73 Å². The van der Waals surface area contributed by atoms with Crippen LogP contribution in [-0.4, -0.2) is 15.9 Å². The zero-order valence-corrected chi connectivity index (χ0v) is 8.82. The van der Waals surface area contributed by atoms with Crippen molar-refractivity contribution in [1.82, 2.24) is 9.97 Å². The van der Waals surface area contributed by atoms with E-state index in [0.29, 0.717) is 4.83 Å². The van der Waals surface area contributed by atoms with Crippen LogP contribution >= 0.6 is 22.9 Å². The molecule has 2 rings (SSSR count). The van der Waals surface area contributed by atoms with Gasteiger partial charge in [0.2, 0.25) is 5.82 Å². The molecule has 2 N–H and O–H groups in total. The summed E-state index contributed by atoms with van der Waals surface area (Å²) in [5.41, 5.74) is 5.06. The van der Waals surface area contributed by atoms with Crippen LogP contribution in [0.25, 0.3) is 10.2 Å². The first-order chi connectivity index (χ1) is 6.58. The molecule has 0 saturated carbocycles. The van der Waals surface area contributed by atoms with E-state index in [1.807, 2.05) is 13.0 Å². The van der Waals surface area contributed by atoms with Gasteiger partial charge in [-0.15, -0.1) is 11.3 Å². The summed E-state index contributed by atoms with van der Waals surface area (Å²) < 4.78 is 0. The van der Waals surface area contributed by atoms with E-state index in [2.05, 4.69) is 9.97 Å². The first kappa shape index (κ1) is 9.36. The second-order valence-corrected chi connectivity index (χ2v) is 4.37. The maximum absolute atomic E-state index is 10.8. The fraction of sp³-hybridized carbons (Fsp3) is 0.125. The van der Waals surface area contributed by atoms with Gasteiger partial charge in [0.15, 0.2) is 0 Å². The summed E-state index contributed by atoms with van der Waals surface area (Å²) in [6, 6.07) is 1.88. The van der Waals surface area contributed by atoms with Gasteiger partial charge in [0, 0.05) is 10.3 Å². The van der Waals surface area contributed by atoms with Crippen LogP contribution in [0.3, 0.4) is 0 Å². The Kier molecular flexibility index (Phi) is 2.13. The summed E-state index contributed by atoms with van der Waals surface area (Å²) >= 11 is 7.32. The number of aryl methyl sites for hydroxylation is 1. The molecule has 0 spiro atoms. The van der Waals surface area contributed by atoms with Gasteiger partial charge in [-0.1, -0.05) is 11.6 Å². The molecule has 4 nitrogen and oxygen atoms in total. The molecule has 0 aliphatic carbocycles. The van der Waals surface area contributed by atoms with E-state index in [9.17, 15) is 4.79 Å². The topological polar surface area (TPSA) is 68.9 Å². The highest BCUT2D eigenvalue weighted by Crippen LogP contribution is 2.27. The Labute approximate surface area is 88.7 Å². The van der Waals surface area contributed by atoms with Crippen molar-refractivity contribution in [2.75, 3.05) is 0 Å². The van der Waals surface area contributed by atoms with Crippen molar-refractivity contribution in [3.05, 3.63) is 21.9 Å². The zero-order chi connectivity index (χ0) is 10.3. The molecule has 72 valence electrons. The van der Waals surface area contributed by atoms with Gasteiger partial charge < -0.3 is 5.73 Å². The van der Waals surface area contributed by atoms with Crippen LogP contribution in [0.4, 0.5) is 0 Å². The lowest BCUT2D eigenvalue weighted by molar-refractivity contribution is 0.0991. The van der Waals surface area contributed by atoms with E-state index in [1.54, 1.807) is 0 Å². The number of thiophene rings is 1. The molecule has 0 aromatic carbocycles.